The van der Waals surface area contributed by atoms with Gasteiger partial charge in [-0.15, -0.1) is 0 Å². The molecule has 1 aliphatic heterocycles. The van der Waals surface area contributed by atoms with Gasteiger partial charge in [0.2, 0.25) is 15.9 Å². The van der Waals surface area contributed by atoms with Crippen molar-refractivity contribution >= 4 is 15.9 Å². The van der Waals surface area contributed by atoms with E-state index in [1.807, 2.05) is 23.1 Å². The highest BCUT2D eigenvalue weighted by Gasteiger charge is 2.41. The van der Waals surface area contributed by atoms with Crippen molar-refractivity contribution in [3.63, 3.8) is 0 Å². The Morgan fingerprint density at radius 3 is 2.66 bits per heavy atom. The molecule has 29 heavy (non-hydrogen) atoms. The van der Waals surface area contributed by atoms with Gasteiger partial charge in [-0.3, -0.25) is 4.79 Å². The minimum atomic E-state index is -3.33. The maximum absolute atomic E-state index is 13.0. The molecule has 1 aromatic rings. The average molecular weight is 415 g/mol. The number of hydrogen-bond donors (Lipinski definition) is 1. The Morgan fingerprint density at radius 1 is 1.28 bits per heavy atom. The van der Waals surface area contributed by atoms with Crippen LogP contribution in [0.5, 0.6) is 0 Å². The zero-order valence-electron chi connectivity index (χ0n) is 17.3. The number of likely N-dealkylation sites (tertiary alicyclic amines) is 1. The molecule has 1 aromatic carbocycles. The standard InChI is InChI=1S/C23H30N2O3S/c1-23(12-13-23)11-9-17-5-3-6-18(15-17)16-21-20(24-29(2,27)28)10-14-25(21)22(26)19-7-4-8-19/h3,5-6,15,19-21,24H,4,7-8,10,12-14,16H2,1-2H3. The van der Waals surface area contributed by atoms with Crippen molar-refractivity contribution < 1.29 is 13.2 Å². The zero-order chi connectivity index (χ0) is 20.6. The second-order valence-corrected chi connectivity index (χ2v) is 11.0. The fourth-order valence-electron chi connectivity index (χ4n) is 4.23. The Bertz CT molecular complexity index is 952. The molecule has 6 heteroatoms. The summed E-state index contributed by atoms with van der Waals surface area (Å²) in [5.74, 6) is 6.96. The van der Waals surface area contributed by atoms with E-state index >= 15 is 0 Å². The second kappa shape index (κ2) is 7.77. The van der Waals surface area contributed by atoms with Gasteiger partial charge in [-0.2, -0.15) is 0 Å². The van der Waals surface area contributed by atoms with Crippen molar-refractivity contribution in [2.75, 3.05) is 12.8 Å². The van der Waals surface area contributed by atoms with Gasteiger partial charge in [0.15, 0.2) is 0 Å². The van der Waals surface area contributed by atoms with E-state index in [2.05, 4.69) is 29.6 Å². The molecular weight excluding hydrogens is 384 g/mol. The molecule has 2 aliphatic carbocycles. The summed E-state index contributed by atoms with van der Waals surface area (Å²) in [6.45, 7) is 2.80. The Balaban J connectivity index is 1.54. The highest BCUT2D eigenvalue weighted by molar-refractivity contribution is 7.88. The molecule has 0 spiro atoms. The second-order valence-electron chi connectivity index (χ2n) is 9.23. The average Bonchev–Trinajstić information content (AvgIpc) is 3.22. The third kappa shape index (κ3) is 5.02. The number of sulfonamides is 1. The van der Waals surface area contributed by atoms with Crippen LogP contribution < -0.4 is 4.72 Å². The van der Waals surface area contributed by atoms with Crippen molar-refractivity contribution in [1.29, 1.82) is 0 Å². The summed E-state index contributed by atoms with van der Waals surface area (Å²) in [5, 5.41) is 0. The maximum Gasteiger partial charge on any atom is 0.225 e. The lowest BCUT2D eigenvalue weighted by atomic mass is 9.84. The third-order valence-electron chi connectivity index (χ3n) is 6.53. The summed E-state index contributed by atoms with van der Waals surface area (Å²) in [4.78, 5) is 14.9. The quantitative estimate of drug-likeness (QED) is 0.754. The van der Waals surface area contributed by atoms with Gasteiger partial charge < -0.3 is 4.90 Å². The summed E-state index contributed by atoms with van der Waals surface area (Å²) in [6.07, 6.45) is 7.84. The normalized spacial score (nSPS) is 25.8. The van der Waals surface area contributed by atoms with Gasteiger partial charge in [0, 0.05) is 29.5 Å². The highest BCUT2D eigenvalue weighted by Crippen LogP contribution is 2.44. The van der Waals surface area contributed by atoms with Crippen LogP contribution in [0.3, 0.4) is 0 Å². The van der Waals surface area contributed by atoms with E-state index in [4.69, 9.17) is 0 Å². The largest absolute Gasteiger partial charge is 0.337 e. The molecule has 5 nitrogen and oxygen atoms in total. The number of carbonyl (C=O) groups is 1. The molecule has 3 fully saturated rings. The summed E-state index contributed by atoms with van der Waals surface area (Å²) >= 11 is 0. The molecule has 0 bridgehead atoms. The van der Waals surface area contributed by atoms with Crippen LogP contribution in [0.25, 0.3) is 0 Å². The molecule has 2 atom stereocenters. The molecule has 3 aliphatic rings. The van der Waals surface area contributed by atoms with E-state index < -0.39 is 10.0 Å². The zero-order valence-corrected chi connectivity index (χ0v) is 18.1. The topological polar surface area (TPSA) is 66.5 Å². The first-order valence-electron chi connectivity index (χ1n) is 10.6. The van der Waals surface area contributed by atoms with Crippen molar-refractivity contribution in [2.24, 2.45) is 11.3 Å². The van der Waals surface area contributed by atoms with Crippen molar-refractivity contribution in [3.05, 3.63) is 35.4 Å². The van der Waals surface area contributed by atoms with E-state index in [0.717, 1.165) is 30.4 Å². The molecule has 1 saturated heterocycles. The van der Waals surface area contributed by atoms with E-state index in [1.165, 1.54) is 19.1 Å². The summed E-state index contributed by atoms with van der Waals surface area (Å²) < 4.78 is 26.5. The van der Waals surface area contributed by atoms with Crippen LogP contribution in [-0.2, 0) is 21.2 Å². The summed E-state index contributed by atoms with van der Waals surface area (Å²) in [7, 11) is -3.33. The summed E-state index contributed by atoms with van der Waals surface area (Å²) in [5.41, 5.74) is 2.26. The first-order chi connectivity index (χ1) is 13.7. The SMILES string of the molecule is CC1(C#Cc2cccc(CC3C(NS(C)(=O)=O)CCN3C(=O)C3CCC3)c2)CC1. The van der Waals surface area contributed by atoms with E-state index in [0.29, 0.717) is 19.4 Å². The van der Waals surface area contributed by atoms with Gasteiger partial charge in [-0.05, 0) is 63.1 Å². The molecule has 156 valence electrons. The lowest BCUT2D eigenvalue weighted by Crippen LogP contribution is -2.49. The minimum Gasteiger partial charge on any atom is -0.337 e. The van der Waals surface area contributed by atoms with Gasteiger partial charge in [-0.1, -0.05) is 30.4 Å². The Kier molecular flexibility index (Phi) is 5.48. The molecule has 1 amide bonds. The highest BCUT2D eigenvalue weighted by atomic mass is 32.2. The fourth-order valence-corrected chi connectivity index (χ4v) is 5.06. The number of nitrogens with zero attached hydrogens (tertiary/aromatic N) is 1. The Hall–Kier alpha value is -1.84. The van der Waals surface area contributed by atoms with Gasteiger partial charge in [-0.25, -0.2) is 13.1 Å². The Morgan fingerprint density at radius 2 is 2.03 bits per heavy atom. The molecule has 0 radical (unpaired) electrons. The third-order valence-corrected chi connectivity index (χ3v) is 7.26. The van der Waals surface area contributed by atoms with Gasteiger partial charge >= 0.3 is 0 Å². The van der Waals surface area contributed by atoms with Crippen LogP contribution in [0.2, 0.25) is 0 Å². The number of amides is 1. The van der Waals surface area contributed by atoms with Crippen LogP contribution in [-0.4, -0.2) is 44.1 Å². The van der Waals surface area contributed by atoms with Crippen molar-refractivity contribution in [1.82, 2.24) is 9.62 Å². The molecule has 2 unspecified atom stereocenters. The number of rotatable bonds is 5. The molecule has 0 aromatic heterocycles. The first-order valence-corrected chi connectivity index (χ1v) is 12.5. The van der Waals surface area contributed by atoms with E-state index in [9.17, 15) is 13.2 Å². The van der Waals surface area contributed by atoms with Crippen molar-refractivity contribution in [3.8, 4) is 11.8 Å². The monoisotopic (exact) mass is 414 g/mol. The van der Waals surface area contributed by atoms with Gasteiger partial charge in [0.05, 0.1) is 12.3 Å². The smallest absolute Gasteiger partial charge is 0.225 e. The van der Waals surface area contributed by atoms with Gasteiger partial charge in [0.25, 0.3) is 0 Å². The number of benzene rings is 1. The molecule has 4 rings (SSSR count). The first kappa shape index (κ1) is 20.4. The van der Waals surface area contributed by atoms with Crippen LogP contribution in [0.1, 0.15) is 56.6 Å². The van der Waals surface area contributed by atoms with E-state index in [1.54, 1.807) is 0 Å². The fraction of sp³-hybridized carbons (Fsp3) is 0.609. The molecule has 2 saturated carbocycles. The van der Waals surface area contributed by atoms with Crippen LogP contribution in [0.15, 0.2) is 24.3 Å². The molecule has 1 N–H and O–H groups in total. The van der Waals surface area contributed by atoms with E-state index in [-0.39, 0.29) is 29.3 Å². The number of nitrogens with one attached hydrogen (secondary N) is 1. The van der Waals surface area contributed by atoms with Crippen LogP contribution in [0, 0.1) is 23.2 Å². The number of carbonyl (C=O) groups excluding carboxylic acids is 1. The van der Waals surface area contributed by atoms with Gasteiger partial charge in [0.1, 0.15) is 0 Å². The van der Waals surface area contributed by atoms with Crippen LogP contribution >= 0.6 is 0 Å². The predicted molar refractivity (Wildman–Crippen MR) is 114 cm³/mol. The Labute approximate surface area is 174 Å². The number of hydrogen-bond acceptors (Lipinski definition) is 3. The lowest BCUT2D eigenvalue weighted by molar-refractivity contribution is -0.139. The predicted octanol–water partition coefficient (Wildman–Crippen LogP) is 2.70. The summed E-state index contributed by atoms with van der Waals surface area (Å²) in [6, 6.07) is 7.75. The minimum absolute atomic E-state index is 0.117. The van der Waals surface area contributed by atoms with Crippen molar-refractivity contribution in [2.45, 2.75) is 64.0 Å². The maximum atomic E-state index is 13.0. The molecule has 1 heterocycles. The lowest BCUT2D eigenvalue weighted by Gasteiger charge is -2.34. The molecular formula is C23H30N2O3S. The van der Waals surface area contributed by atoms with Crippen LogP contribution in [0.4, 0.5) is 0 Å².